The lowest BCUT2D eigenvalue weighted by Crippen LogP contribution is -2.56. The van der Waals surface area contributed by atoms with E-state index in [4.69, 9.17) is 0 Å². The predicted molar refractivity (Wildman–Crippen MR) is 82.8 cm³/mol. The summed E-state index contributed by atoms with van der Waals surface area (Å²) in [6, 6.07) is 0. The standard InChI is InChI=1S/C15H38N3O/c1-16(2,3)11-10-15(14-19,12-17(4,5)6)13-18(7,8)9/h19H,10-14H2,1-9H3/q+3. The van der Waals surface area contributed by atoms with Gasteiger partial charge in [-0.15, -0.1) is 0 Å². The number of aliphatic hydroxyl groups is 1. The van der Waals surface area contributed by atoms with E-state index in [2.05, 4.69) is 63.4 Å². The SMILES string of the molecule is C[N+](C)(C)CCC(CO)(C[N+](C)(C)C)C[N+](C)(C)C. The molecule has 0 aromatic heterocycles. The number of nitrogens with zero attached hydrogens (tertiary/aromatic N) is 3. The van der Waals surface area contributed by atoms with Gasteiger partial charge >= 0.3 is 0 Å². The molecule has 0 aromatic carbocycles. The Hall–Kier alpha value is -0.160. The minimum absolute atomic E-state index is 0.00201. The zero-order valence-electron chi connectivity index (χ0n) is 14.8. The van der Waals surface area contributed by atoms with E-state index in [9.17, 15) is 5.11 Å². The Morgan fingerprint density at radius 2 is 1.05 bits per heavy atom. The van der Waals surface area contributed by atoms with Crippen LogP contribution in [0.1, 0.15) is 6.42 Å². The molecule has 0 aliphatic heterocycles. The molecule has 4 nitrogen and oxygen atoms in total. The molecular weight excluding hydrogens is 238 g/mol. The second-order valence-electron chi connectivity index (χ2n) is 9.32. The van der Waals surface area contributed by atoms with Gasteiger partial charge in [0.1, 0.15) is 0 Å². The highest BCUT2D eigenvalue weighted by Crippen LogP contribution is 2.28. The Morgan fingerprint density at radius 1 is 0.684 bits per heavy atom. The molecule has 19 heavy (non-hydrogen) atoms. The number of aliphatic hydroxyl groups excluding tert-OH is 1. The van der Waals surface area contributed by atoms with Crippen molar-refractivity contribution in [2.24, 2.45) is 5.41 Å². The van der Waals surface area contributed by atoms with Crippen LogP contribution in [0.25, 0.3) is 0 Å². The number of rotatable bonds is 8. The maximum Gasteiger partial charge on any atom is 0.0966 e. The van der Waals surface area contributed by atoms with E-state index in [1.54, 1.807) is 0 Å². The third kappa shape index (κ3) is 9.38. The van der Waals surface area contributed by atoms with Gasteiger partial charge in [0.05, 0.1) is 95.1 Å². The molecule has 0 amide bonds. The van der Waals surface area contributed by atoms with Crippen LogP contribution in [0.3, 0.4) is 0 Å². The van der Waals surface area contributed by atoms with Gasteiger partial charge in [0.15, 0.2) is 0 Å². The largest absolute Gasteiger partial charge is 0.395 e. The predicted octanol–water partition coefficient (Wildman–Crippen LogP) is 0.474. The quantitative estimate of drug-likeness (QED) is 0.639. The summed E-state index contributed by atoms with van der Waals surface area (Å²) in [4.78, 5) is 0. The van der Waals surface area contributed by atoms with Crippen molar-refractivity contribution in [3.05, 3.63) is 0 Å². The number of hydrogen-bond donors (Lipinski definition) is 1. The van der Waals surface area contributed by atoms with E-state index >= 15 is 0 Å². The molecule has 0 bridgehead atoms. The van der Waals surface area contributed by atoms with Crippen molar-refractivity contribution >= 4 is 0 Å². The van der Waals surface area contributed by atoms with E-state index in [0.29, 0.717) is 0 Å². The summed E-state index contributed by atoms with van der Waals surface area (Å²) in [6.45, 7) is 3.40. The van der Waals surface area contributed by atoms with Crippen LogP contribution in [0.4, 0.5) is 0 Å². The van der Waals surface area contributed by atoms with Gasteiger partial charge in [-0.05, 0) is 0 Å². The Balaban J connectivity index is 5.07. The Bertz CT molecular complexity index is 253. The molecule has 116 valence electrons. The van der Waals surface area contributed by atoms with Crippen molar-refractivity contribution in [2.45, 2.75) is 6.42 Å². The first-order valence-electron chi connectivity index (χ1n) is 7.20. The van der Waals surface area contributed by atoms with Crippen molar-refractivity contribution in [1.82, 2.24) is 0 Å². The van der Waals surface area contributed by atoms with Crippen molar-refractivity contribution < 1.29 is 18.6 Å². The topological polar surface area (TPSA) is 20.2 Å². The molecule has 0 atom stereocenters. The normalized spacial score (nSPS) is 14.8. The maximum absolute atomic E-state index is 10.1. The molecule has 0 saturated heterocycles. The van der Waals surface area contributed by atoms with Gasteiger partial charge in [0.25, 0.3) is 0 Å². The van der Waals surface area contributed by atoms with Crippen molar-refractivity contribution in [2.75, 3.05) is 89.7 Å². The molecule has 1 N–H and O–H groups in total. The fourth-order valence-corrected chi connectivity index (χ4v) is 2.97. The number of hydrogen-bond acceptors (Lipinski definition) is 1. The molecule has 0 heterocycles. The van der Waals surface area contributed by atoms with Crippen molar-refractivity contribution in [1.29, 1.82) is 0 Å². The highest BCUT2D eigenvalue weighted by Gasteiger charge is 2.41. The maximum atomic E-state index is 10.1. The summed E-state index contributed by atoms with van der Waals surface area (Å²) >= 11 is 0. The Labute approximate surface area is 121 Å². The van der Waals surface area contributed by atoms with Crippen LogP contribution in [0.15, 0.2) is 0 Å². The summed E-state index contributed by atoms with van der Waals surface area (Å²) < 4.78 is 2.76. The molecule has 0 aromatic rings. The summed E-state index contributed by atoms with van der Waals surface area (Å²) in [7, 11) is 20.0. The van der Waals surface area contributed by atoms with E-state index in [-0.39, 0.29) is 12.0 Å². The molecular formula is C15H38N3O+3. The number of quaternary nitrogens is 3. The smallest absolute Gasteiger partial charge is 0.0966 e. The van der Waals surface area contributed by atoms with Gasteiger partial charge in [-0.25, -0.2) is 0 Å². The van der Waals surface area contributed by atoms with Crippen molar-refractivity contribution in [3.8, 4) is 0 Å². The summed E-state index contributed by atoms with van der Waals surface area (Å²) in [5.74, 6) is 0. The summed E-state index contributed by atoms with van der Waals surface area (Å²) in [6.07, 6.45) is 1.07. The summed E-state index contributed by atoms with van der Waals surface area (Å²) in [5, 5.41) is 10.1. The zero-order valence-corrected chi connectivity index (χ0v) is 14.8. The molecule has 0 unspecified atom stereocenters. The minimum atomic E-state index is 0.00201. The van der Waals surface area contributed by atoms with Crippen LogP contribution in [-0.4, -0.2) is 108 Å². The van der Waals surface area contributed by atoms with Gasteiger partial charge in [0.2, 0.25) is 0 Å². The second kappa shape index (κ2) is 6.08. The van der Waals surface area contributed by atoms with Gasteiger partial charge in [-0.2, -0.15) is 0 Å². The minimum Gasteiger partial charge on any atom is -0.395 e. The average molecular weight is 276 g/mol. The van der Waals surface area contributed by atoms with E-state index in [1.807, 2.05) is 0 Å². The van der Waals surface area contributed by atoms with Crippen LogP contribution in [0, 0.1) is 5.41 Å². The molecule has 0 aliphatic carbocycles. The van der Waals surface area contributed by atoms with Crippen LogP contribution in [-0.2, 0) is 0 Å². The van der Waals surface area contributed by atoms with Gasteiger partial charge in [-0.1, -0.05) is 0 Å². The molecule has 4 heteroatoms. The van der Waals surface area contributed by atoms with E-state index in [0.717, 1.165) is 39.5 Å². The fraction of sp³-hybridized carbons (Fsp3) is 1.00. The lowest BCUT2D eigenvalue weighted by Gasteiger charge is -2.42. The van der Waals surface area contributed by atoms with Gasteiger partial charge < -0.3 is 18.6 Å². The van der Waals surface area contributed by atoms with Crippen LogP contribution in [0.5, 0.6) is 0 Å². The van der Waals surface area contributed by atoms with Gasteiger partial charge in [-0.3, -0.25) is 0 Å². The monoisotopic (exact) mass is 276 g/mol. The first-order valence-corrected chi connectivity index (χ1v) is 7.20. The lowest BCUT2D eigenvalue weighted by atomic mass is 9.82. The average Bonchev–Trinajstić information content (AvgIpc) is 2.08. The third-order valence-electron chi connectivity index (χ3n) is 3.27. The molecule has 0 rings (SSSR count). The first-order chi connectivity index (χ1) is 8.18. The van der Waals surface area contributed by atoms with Crippen LogP contribution >= 0.6 is 0 Å². The highest BCUT2D eigenvalue weighted by molar-refractivity contribution is 4.78. The fourth-order valence-electron chi connectivity index (χ4n) is 2.97. The molecule has 0 fully saturated rings. The van der Waals surface area contributed by atoms with Crippen LogP contribution < -0.4 is 0 Å². The van der Waals surface area contributed by atoms with E-state index < -0.39 is 0 Å². The zero-order chi connectivity index (χ0) is 15.5. The third-order valence-corrected chi connectivity index (χ3v) is 3.27. The molecule has 0 saturated carbocycles. The Kier molecular flexibility index (Phi) is 6.03. The molecule has 0 spiro atoms. The Morgan fingerprint density at radius 3 is 1.26 bits per heavy atom. The van der Waals surface area contributed by atoms with Crippen LogP contribution in [0.2, 0.25) is 0 Å². The summed E-state index contributed by atoms with van der Waals surface area (Å²) in [5.41, 5.74) is 0.00201. The molecule has 0 radical (unpaired) electrons. The van der Waals surface area contributed by atoms with E-state index in [1.165, 1.54) is 0 Å². The first kappa shape index (κ1) is 18.8. The van der Waals surface area contributed by atoms with Crippen molar-refractivity contribution in [3.63, 3.8) is 0 Å². The lowest BCUT2D eigenvalue weighted by molar-refractivity contribution is -0.906. The molecule has 0 aliphatic rings. The highest BCUT2D eigenvalue weighted by atomic mass is 16.3. The van der Waals surface area contributed by atoms with Gasteiger partial charge in [0, 0.05) is 6.42 Å². The second-order valence-corrected chi connectivity index (χ2v) is 9.32.